The monoisotopic (exact) mass is 486 g/mol. The van der Waals surface area contributed by atoms with E-state index in [2.05, 4.69) is 30.3 Å². The van der Waals surface area contributed by atoms with Crippen molar-refractivity contribution in [3.63, 3.8) is 0 Å². The van der Waals surface area contributed by atoms with Crippen LogP contribution in [-0.4, -0.2) is 62.7 Å². The van der Waals surface area contributed by atoms with Crippen LogP contribution in [0.5, 0.6) is 5.75 Å². The highest BCUT2D eigenvalue weighted by Crippen LogP contribution is 2.37. The molecule has 0 aliphatic carbocycles. The number of halogens is 1. The molecule has 3 heterocycles. The molecule has 2 aliphatic heterocycles. The SMILES string of the molecule is COc1cc(Br)ccc1N1C(=O)COC2CN(S(=O)(=O)Nc3ccon3)CCC21. The zero-order valence-electron chi connectivity index (χ0n) is 15.4. The Balaban J connectivity index is 1.56. The third kappa shape index (κ3) is 3.97. The Kier molecular flexibility index (Phi) is 5.51. The van der Waals surface area contributed by atoms with Crippen molar-refractivity contribution in [3.05, 3.63) is 35.0 Å². The quantitative estimate of drug-likeness (QED) is 0.682. The fourth-order valence-corrected chi connectivity index (χ4v) is 5.14. The topological polar surface area (TPSA) is 114 Å². The van der Waals surface area contributed by atoms with Crippen molar-refractivity contribution in [2.75, 3.05) is 36.4 Å². The van der Waals surface area contributed by atoms with Crippen molar-refractivity contribution in [3.8, 4) is 5.75 Å². The summed E-state index contributed by atoms with van der Waals surface area (Å²) in [5.41, 5.74) is 0.635. The van der Waals surface area contributed by atoms with Gasteiger partial charge in [0.1, 0.15) is 18.6 Å². The smallest absolute Gasteiger partial charge is 0.302 e. The van der Waals surface area contributed by atoms with Gasteiger partial charge in [-0.05, 0) is 24.6 Å². The molecule has 0 bridgehead atoms. The number of hydrogen-bond donors (Lipinski definition) is 1. The van der Waals surface area contributed by atoms with Crippen molar-refractivity contribution in [2.45, 2.75) is 18.6 Å². The molecule has 1 aromatic heterocycles. The number of methoxy groups -OCH3 is 1. The van der Waals surface area contributed by atoms with Crippen LogP contribution in [0.4, 0.5) is 11.5 Å². The van der Waals surface area contributed by atoms with Crippen LogP contribution in [0.3, 0.4) is 0 Å². The minimum Gasteiger partial charge on any atom is -0.495 e. The largest absolute Gasteiger partial charge is 0.495 e. The molecule has 0 saturated carbocycles. The molecule has 1 N–H and O–H groups in total. The predicted octanol–water partition coefficient (Wildman–Crippen LogP) is 1.61. The van der Waals surface area contributed by atoms with E-state index < -0.39 is 16.3 Å². The molecule has 29 heavy (non-hydrogen) atoms. The zero-order chi connectivity index (χ0) is 20.6. The van der Waals surface area contributed by atoms with Gasteiger partial charge in [0.05, 0.1) is 24.9 Å². The number of carbonyl (C=O) groups excluding carboxylic acids is 1. The van der Waals surface area contributed by atoms with Crippen LogP contribution in [0.25, 0.3) is 0 Å². The zero-order valence-corrected chi connectivity index (χ0v) is 17.8. The molecule has 10 nitrogen and oxygen atoms in total. The minimum atomic E-state index is -3.82. The molecule has 2 unspecified atom stereocenters. The lowest BCUT2D eigenvalue weighted by atomic mass is 9.98. The lowest BCUT2D eigenvalue weighted by Crippen LogP contribution is -2.62. The standard InChI is InChI=1S/C17H19BrN4O6S/c1-26-14-8-11(18)2-3-12(14)22-13-4-6-21(9-15(13)27-10-17(22)23)29(24,25)20-16-5-7-28-19-16/h2-3,5,7-8,13,15H,4,6,9-10H2,1H3,(H,19,20). The highest BCUT2D eigenvalue weighted by atomic mass is 79.9. The van der Waals surface area contributed by atoms with Crippen LogP contribution in [0.1, 0.15) is 6.42 Å². The Labute approximate surface area is 176 Å². The predicted molar refractivity (Wildman–Crippen MR) is 107 cm³/mol. The number of nitrogens with zero attached hydrogens (tertiary/aromatic N) is 3. The lowest BCUT2D eigenvalue weighted by molar-refractivity contribution is -0.134. The van der Waals surface area contributed by atoms with E-state index in [9.17, 15) is 13.2 Å². The molecular weight excluding hydrogens is 468 g/mol. The Bertz CT molecular complexity index is 999. The van der Waals surface area contributed by atoms with Gasteiger partial charge in [-0.15, -0.1) is 0 Å². The molecule has 1 aromatic carbocycles. The van der Waals surface area contributed by atoms with E-state index in [0.717, 1.165) is 4.47 Å². The number of fused-ring (bicyclic) bond motifs is 1. The minimum absolute atomic E-state index is 0.105. The van der Waals surface area contributed by atoms with E-state index in [4.69, 9.17) is 9.47 Å². The molecule has 2 aromatic rings. The number of morpholine rings is 1. The number of rotatable bonds is 5. The van der Waals surface area contributed by atoms with Gasteiger partial charge in [-0.25, -0.2) is 0 Å². The van der Waals surface area contributed by atoms with Crippen LogP contribution in [0.15, 0.2) is 39.5 Å². The molecule has 4 rings (SSSR count). The summed E-state index contributed by atoms with van der Waals surface area (Å²) >= 11 is 3.40. The summed E-state index contributed by atoms with van der Waals surface area (Å²) in [6.45, 7) is 0.200. The van der Waals surface area contributed by atoms with Gasteiger partial charge in [0, 0.05) is 23.6 Å². The van der Waals surface area contributed by atoms with Crippen LogP contribution in [0.2, 0.25) is 0 Å². The molecule has 2 fully saturated rings. The van der Waals surface area contributed by atoms with Crippen molar-refractivity contribution >= 4 is 43.6 Å². The molecule has 0 spiro atoms. The third-order valence-electron chi connectivity index (χ3n) is 4.92. The number of anilines is 2. The van der Waals surface area contributed by atoms with E-state index in [-0.39, 0.29) is 37.5 Å². The van der Waals surface area contributed by atoms with Gasteiger partial charge < -0.3 is 18.9 Å². The average Bonchev–Trinajstić information content (AvgIpc) is 3.20. The van der Waals surface area contributed by atoms with Gasteiger partial charge in [0.25, 0.3) is 5.91 Å². The van der Waals surface area contributed by atoms with Crippen LogP contribution in [0, 0.1) is 0 Å². The fraction of sp³-hybridized carbons (Fsp3) is 0.412. The maximum atomic E-state index is 12.7. The number of amides is 1. The summed E-state index contributed by atoms with van der Waals surface area (Å²) < 4.78 is 45.6. The Morgan fingerprint density at radius 3 is 2.90 bits per heavy atom. The second kappa shape index (κ2) is 7.94. The fourth-order valence-electron chi connectivity index (χ4n) is 3.61. The van der Waals surface area contributed by atoms with E-state index in [1.807, 2.05) is 6.07 Å². The van der Waals surface area contributed by atoms with Gasteiger partial charge in [0.2, 0.25) is 0 Å². The van der Waals surface area contributed by atoms with Gasteiger partial charge in [0.15, 0.2) is 5.82 Å². The van der Waals surface area contributed by atoms with E-state index >= 15 is 0 Å². The number of ether oxygens (including phenoxy) is 2. The van der Waals surface area contributed by atoms with Gasteiger partial charge in [-0.2, -0.15) is 12.7 Å². The normalized spacial score (nSPS) is 23.0. The van der Waals surface area contributed by atoms with Gasteiger partial charge in [-0.3, -0.25) is 9.52 Å². The number of hydrogen-bond acceptors (Lipinski definition) is 7. The van der Waals surface area contributed by atoms with Crippen molar-refractivity contribution in [1.82, 2.24) is 9.46 Å². The molecule has 2 aliphatic rings. The average molecular weight is 487 g/mol. The molecule has 0 radical (unpaired) electrons. The highest BCUT2D eigenvalue weighted by Gasteiger charge is 2.44. The summed E-state index contributed by atoms with van der Waals surface area (Å²) in [6, 6.07) is 6.54. The van der Waals surface area contributed by atoms with Crippen LogP contribution < -0.4 is 14.4 Å². The van der Waals surface area contributed by atoms with Gasteiger partial charge >= 0.3 is 10.2 Å². The first-order valence-corrected chi connectivity index (χ1v) is 11.1. The second-order valence-corrected chi connectivity index (χ2v) is 9.22. The lowest BCUT2D eigenvalue weighted by Gasteiger charge is -2.46. The molecule has 1 amide bonds. The summed E-state index contributed by atoms with van der Waals surface area (Å²) in [5, 5.41) is 3.57. The Hall–Kier alpha value is -2.15. The highest BCUT2D eigenvalue weighted by molar-refractivity contribution is 9.10. The first-order chi connectivity index (χ1) is 13.9. The van der Waals surface area contributed by atoms with Crippen molar-refractivity contribution < 1.29 is 27.2 Å². The maximum Gasteiger partial charge on any atom is 0.302 e. The number of piperidine rings is 1. The molecule has 2 saturated heterocycles. The molecule has 156 valence electrons. The first-order valence-electron chi connectivity index (χ1n) is 8.84. The third-order valence-corrected chi connectivity index (χ3v) is 6.89. The van der Waals surface area contributed by atoms with Gasteiger partial charge in [-0.1, -0.05) is 21.1 Å². The van der Waals surface area contributed by atoms with E-state index in [1.165, 1.54) is 16.6 Å². The Morgan fingerprint density at radius 2 is 2.17 bits per heavy atom. The van der Waals surface area contributed by atoms with Crippen LogP contribution in [-0.2, 0) is 19.7 Å². The van der Waals surface area contributed by atoms with Crippen LogP contribution >= 0.6 is 15.9 Å². The molecular formula is C17H19BrN4O6S. The van der Waals surface area contributed by atoms with Crippen molar-refractivity contribution in [2.24, 2.45) is 0 Å². The Morgan fingerprint density at radius 1 is 1.34 bits per heavy atom. The van der Waals surface area contributed by atoms with E-state index in [0.29, 0.717) is 17.9 Å². The number of benzene rings is 1. The summed E-state index contributed by atoms with van der Waals surface area (Å²) in [6.07, 6.45) is 1.22. The number of nitrogens with one attached hydrogen (secondary N) is 1. The summed E-state index contributed by atoms with van der Waals surface area (Å²) in [7, 11) is -2.28. The van der Waals surface area contributed by atoms with E-state index in [1.54, 1.807) is 24.1 Å². The maximum absolute atomic E-state index is 12.7. The summed E-state index contributed by atoms with van der Waals surface area (Å²) in [5.74, 6) is 0.466. The number of aromatic nitrogens is 1. The first kappa shape index (κ1) is 20.1. The molecule has 2 atom stereocenters. The second-order valence-electron chi connectivity index (χ2n) is 6.64. The number of carbonyl (C=O) groups is 1. The van der Waals surface area contributed by atoms with Crippen molar-refractivity contribution in [1.29, 1.82) is 0 Å². The summed E-state index contributed by atoms with van der Waals surface area (Å²) in [4.78, 5) is 14.3. The molecule has 12 heteroatoms.